The van der Waals surface area contributed by atoms with E-state index in [1.54, 1.807) is 0 Å². The Labute approximate surface area is 141 Å². The Morgan fingerprint density at radius 3 is 2.25 bits per heavy atom. The average molecular weight is 333 g/mol. The van der Waals surface area contributed by atoms with Crippen LogP contribution in [-0.2, 0) is 9.32 Å². The fourth-order valence-electron chi connectivity index (χ4n) is 3.26. The maximum Gasteiger partial charge on any atom is 0.0979 e. The fraction of sp³-hybridized carbons (Fsp3) is 0. The van der Waals surface area contributed by atoms with Crippen molar-refractivity contribution in [2.75, 3.05) is 0 Å². The van der Waals surface area contributed by atoms with Gasteiger partial charge in [-0.15, -0.1) is 9.32 Å². The molecule has 5 rings (SSSR count). The molecule has 0 bridgehead atoms. The third kappa shape index (κ3) is 1.95. The third-order valence-corrected chi connectivity index (χ3v) is 4.81. The van der Waals surface area contributed by atoms with Crippen LogP contribution in [0.4, 0.5) is 0 Å². The molecule has 24 heavy (non-hydrogen) atoms. The smallest absolute Gasteiger partial charge is 0.0979 e. The summed E-state index contributed by atoms with van der Waals surface area (Å²) < 4.78 is 4.70. The Morgan fingerprint density at radius 2 is 1.54 bits per heavy atom. The Kier molecular flexibility index (Phi) is 3.04. The van der Waals surface area contributed by atoms with E-state index in [2.05, 4.69) is 41.4 Å². The van der Waals surface area contributed by atoms with Crippen LogP contribution in [0.25, 0.3) is 44.3 Å². The maximum absolute atomic E-state index is 4.88. The topological polar surface area (TPSA) is 70.3 Å². The van der Waals surface area contributed by atoms with E-state index < -0.39 is 0 Å². The lowest BCUT2D eigenvalue weighted by Gasteiger charge is -2.05. The lowest BCUT2D eigenvalue weighted by atomic mass is 10.0. The lowest BCUT2D eigenvalue weighted by Crippen LogP contribution is -1.94. The third-order valence-electron chi connectivity index (χ3n) is 4.22. The van der Waals surface area contributed by atoms with Gasteiger partial charge in [0.1, 0.15) is 0 Å². The molecule has 0 atom stereocenters. The largest absolute Gasteiger partial charge is 0.244 e. The summed E-state index contributed by atoms with van der Waals surface area (Å²) >= 11 is 1.04. The SMILES string of the molecule is NOOSc1ccc2nc3c(nc2c1)-c1cccc2cccc-3c12. The molecule has 0 unspecified atom stereocenters. The van der Waals surface area contributed by atoms with E-state index in [4.69, 9.17) is 20.2 Å². The van der Waals surface area contributed by atoms with Crippen LogP contribution in [0.3, 0.4) is 0 Å². The summed E-state index contributed by atoms with van der Waals surface area (Å²) in [4.78, 5) is 14.7. The van der Waals surface area contributed by atoms with Gasteiger partial charge >= 0.3 is 0 Å². The second-order valence-electron chi connectivity index (χ2n) is 5.53. The van der Waals surface area contributed by atoms with E-state index >= 15 is 0 Å². The van der Waals surface area contributed by atoms with Crippen molar-refractivity contribution in [2.24, 2.45) is 5.90 Å². The molecule has 1 aliphatic rings. The zero-order valence-corrected chi connectivity index (χ0v) is 13.2. The van der Waals surface area contributed by atoms with Gasteiger partial charge in [0.15, 0.2) is 0 Å². The predicted molar refractivity (Wildman–Crippen MR) is 93.7 cm³/mol. The van der Waals surface area contributed by atoms with Gasteiger partial charge in [0.25, 0.3) is 0 Å². The minimum atomic E-state index is 0.809. The van der Waals surface area contributed by atoms with E-state index in [0.29, 0.717) is 0 Å². The van der Waals surface area contributed by atoms with E-state index in [1.165, 1.54) is 10.8 Å². The van der Waals surface area contributed by atoms with Crippen molar-refractivity contribution in [3.63, 3.8) is 0 Å². The lowest BCUT2D eigenvalue weighted by molar-refractivity contribution is -0.195. The molecule has 0 fully saturated rings. The summed E-state index contributed by atoms with van der Waals surface area (Å²) in [6.45, 7) is 0. The van der Waals surface area contributed by atoms with Crippen LogP contribution in [-0.4, -0.2) is 9.97 Å². The summed E-state index contributed by atoms with van der Waals surface area (Å²) in [7, 11) is 0. The van der Waals surface area contributed by atoms with Crippen LogP contribution in [0.1, 0.15) is 0 Å². The molecule has 1 aliphatic carbocycles. The number of nitrogens with zero attached hydrogens (tertiary/aromatic N) is 2. The molecule has 0 spiro atoms. The van der Waals surface area contributed by atoms with Gasteiger partial charge in [-0.05, 0) is 23.6 Å². The molecule has 0 aliphatic heterocycles. The van der Waals surface area contributed by atoms with Crippen molar-refractivity contribution in [2.45, 2.75) is 4.90 Å². The van der Waals surface area contributed by atoms with Crippen molar-refractivity contribution < 1.29 is 9.32 Å². The zero-order chi connectivity index (χ0) is 16.1. The molecular formula is C18H11N3O2S. The highest BCUT2D eigenvalue weighted by Gasteiger charge is 2.24. The monoisotopic (exact) mass is 333 g/mol. The van der Waals surface area contributed by atoms with Crippen LogP contribution >= 0.6 is 12.0 Å². The second kappa shape index (κ2) is 5.25. The van der Waals surface area contributed by atoms with Crippen molar-refractivity contribution in [3.8, 4) is 22.5 Å². The van der Waals surface area contributed by atoms with Gasteiger partial charge in [0.05, 0.1) is 34.5 Å². The van der Waals surface area contributed by atoms with Gasteiger partial charge < -0.3 is 0 Å². The molecule has 0 saturated heterocycles. The van der Waals surface area contributed by atoms with Gasteiger partial charge in [0.2, 0.25) is 0 Å². The van der Waals surface area contributed by atoms with Crippen LogP contribution in [0.5, 0.6) is 0 Å². The summed E-state index contributed by atoms with van der Waals surface area (Å²) in [6, 6.07) is 18.3. The van der Waals surface area contributed by atoms with Gasteiger partial charge in [-0.25, -0.2) is 9.97 Å². The Morgan fingerprint density at radius 1 is 0.833 bits per heavy atom. The quantitative estimate of drug-likeness (QED) is 0.302. The molecule has 5 nitrogen and oxygen atoms in total. The molecule has 0 amide bonds. The molecule has 6 heteroatoms. The van der Waals surface area contributed by atoms with Crippen LogP contribution in [0.2, 0.25) is 0 Å². The molecule has 0 radical (unpaired) electrons. The highest BCUT2D eigenvalue weighted by atomic mass is 32.2. The minimum absolute atomic E-state index is 0.809. The van der Waals surface area contributed by atoms with Crippen molar-refractivity contribution in [1.82, 2.24) is 9.97 Å². The summed E-state index contributed by atoms with van der Waals surface area (Å²) in [6.07, 6.45) is 0. The second-order valence-corrected chi connectivity index (χ2v) is 6.30. The molecule has 1 aromatic heterocycles. The number of rotatable bonds is 3. The van der Waals surface area contributed by atoms with E-state index in [9.17, 15) is 0 Å². The van der Waals surface area contributed by atoms with Crippen LogP contribution in [0.15, 0.2) is 59.5 Å². The first kappa shape index (κ1) is 13.9. The number of nitrogens with two attached hydrogens (primary N) is 1. The van der Waals surface area contributed by atoms with Gasteiger partial charge in [-0.1, -0.05) is 36.4 Å². The molecule has 2 N–H and O–H groups in total. The Hall–Kier alpha value is -2.51. The summed E-state index contributed by atoms with van der Waals surface area (Å²) in [5.41, 5.74) is 5.79. The van der Waals surface area contributed by atoms with E-state index in [0.717, 1.165) is 50.5 Å². The predicted octanol–water partition coefficient (Wildman–Crippen LogP) is 4.26. The number of hydrogen-bond donors (Lipinski definition) is 1. The number of aromatic nitrogens is 2. The fourth-order valence-corrected chi connectivity index (χ4v) is 3.66. The number of hydrogen-bond acceptors (Lipinski definition) is 6. The standard InChI is InChI=1S/C18H11N3O2S/c19-22-23-24-11-7-8-14-15(9-11)21-18-13-6-2-4-10-3-1-5-12(16(10)13)17(18)20-14/h1-9H,19H2. The van der Waals surface area contributed by atoms with Crippen LogP contribution < -0.4 is 5.90 Å². The average Bonchev–Trinajstić information content (AvgIpc) is 2.94. The molecule has 116 valence electrons. The molecule has 3 aromatic carbocycles. The first-order valence-corrected chi connectivity index (χ1v) is 8.14. The van der Waals surface area contributed by atoms with Crippen LogP contribution in [0, 0.1) is 0 Å². The van der Waals surface area contributed by atoms with Gasteiger partial charge in [-0.2, -0.15) is 5.90 Å². The summed E-state index contributed by atoms with van der Waals surface area (Å²) in [5, 5.41) is 2.43. The minimum Gasteiger partial charge on any atom is -0.244 e. The maximum atomic E-state index is 4.88. The van der Waals surface area contributed by atoms with Gasteiger partial charge in [-0.3, -0.25) is 0 Å². The van der Waals surface area contributed by atoms with Crippen molar-refractivity contribution in [3.05, 3.63) is 54.6 Å². The number of benzene rings is 3. The van der Waals surface area contributed by atoms with Crippen molar-refractivity contribution >= 4 is 33.8 Å². The normalized spacial score (nSPS) is 12.0. The highest BCUT2D eigenvalue weighted by molar-refractivity contribution is 7.94. The van der Waals surface area contributed by atoms with Gasteiger partial charge in [0, 0.05) is 21.4 Å². The molecule has 0 saturated carbocycles. The highest BCUT2D eigenvalue weighted by Crippen LogP contribution is 2.45. The Bertz CT molecular complexity index is 1110. The Balaban J connectivity index is 1.76. The number of fused-ring (bicyclic) bond motifs is 4. The molecule has 1 heterocycles. The first-order chi connectivity index (χ1) is 11.8. The molecule has 4 aromatic rings. The van der Waals surface area contributed by atoms with Crippen molar-refractivity contribution in [1.29, 1.82) is 0 Å². The first-order valence-electron chi connectivity index (χ1n) is 7.39. The molecular weight excluding hydrogens is 322 g/mol. The van der Waals surface area contributed by atoms with E-state index in [-0.39, 0.29) is 0 Å². The summed E-state index contributed by atoms with van der Waals surface area (Å²) in [5.74, 6) is 4.88. The van der Waals surface area contributed by atoms with E-state index in [1.807, 2.05) is 18.2 Å². The zero-order valence-electron chi connectivity index (χ0n) is 12.4.